The van der Waals surface area contributed by atoms with Gasteiger partial charge in [0.1, 0.15) is 16.4 Å². The molecule has 20 heavy (non-hydrogen) atoms. The van der Waals surface area contributed by atoms with Gasteiger partial charge in [-0.25, -0.2) is 9.37 Å². The lowest BCUT2D eigenvalue weighted by Crippen LogP contribution is -1.97. The fourth-order valence-electron chi connectivity index (χ4n) is 1.77. The molecular weight excluding hydrogens is 301 g/mol. The van der Waals surface area contributed by atoms with E-state index in [1.54, 1.807) is 0 Å². The van der Waals surface area contributed by atoms with Crippen molar-refractivity contribution in [2.45, 2.75) is 6.92 Å². The van der Waals surface area contributed by atoms with Gasteiger partial charge in [0.05, 0.1) is 10.4 Å². The van der Waals surface area contributed by atoms with Crippen molar-refractivity contribution >= 4 is 39.1 Å². The molecule has 4 nitrogen and oxygen atoms in total. The van der Waals surface area contributed by atoms with E-state index in [9.17, 15) is 4.39 Å². The smallest absolute Gasteiger partial charge is 0.232 e. The zero-order valence-corrected chi connectivity index (χ0v) is 11.9. The van der Waals surface area contributed by atoms with Crippen LogP contribution in [0.2, 0.25) is 5.02 Å². The number of nitrogens with zero attached hydrogens (tertiary/aromatic N) is 2. The molecule has 2 N–H and O–H groups in total. The van der Waals surface area contributed by atoms with E-state index in [-0.39, 0.29) is 11.0 Å². The first kappa shape index (κ1) is 13.1. The van der Waals surface area contributed by atoms with E-state index in [1.165, 1.54) is 29.5 Å². The number of rotatable bonds is 2. The molecule has 3 aromatic rings. The van der Waals surface area contributed by atoms with E-state index < -0.39 is 5.82 Å². The fourth-order valence-corrected chi connectivity index (χ4v) is 2.85. The molecule has 0 bridgehead atoms. The third kappa shape index (κ3) is 2.39. The van der Waals surface area contributed by atoms with Crippen molar-refractivity contribution in [2.24, 2.45) is 0 Å². The van der Waals surface area contributed by atoms with Crippen molar-refractivity contribution in [3.8, 4) is 11.6 Å². The summed E-state index contributed by atoms with van der Waals surface area (Å²) in [6, 6.07) is 5.80. The number of benzene rings is 1. The van der Waals surface area contributed by atoms with Crippen LogP contribution in [-0.2, 0) is 0 Å². The summed E-state index contributed by atoms with van der Waals surface area (Å²) in [5.74, 6) is 0.315. The minimum Gasteiger partial charge on any atom is -0.437 e. The fraction of sp³-hybridized carbons (Fsp3) is 0.0769. The quantitative estimate of drug-likeness (QED) is 0.772. The van der Waals surface area contributed by atoms with Crippen molar-refractivity contribution in [1.82, 2.24) is 9.97 Å². The summed E-state index contributed by atoms with van der Waals surface area (Å²) in [7, 11) is 0. The van der Waals surface area contributed by atoms with Crippen LogP contribution in [-0.4, -0.2) is 9.97 Å². The van der Waals surface area contributed by atoms with Gasteiger partial charge in [0.2, 0.25) is 11.8 Å². The molecule has 0 fully saturated rings. The largest absolute Gasteiger partial charge is 0.437 e. The Morgan fingerprint density at radius 3 is 2.85 bits per heavy atom. The lowest BCUT2D eigenvalue weighted by molar-refractivity contribution is 0.468. The Hall–Kier alpha value is -1.92. The maximum Gasteiger partial charge on any atom is 0.232 e. The Labute approximate surface area is 123 Å². The highest BCUT2D eigenvalue weighted by Crippen LogP contribution is 2.35. The van der Waals surface area contributed by atoms with Crippen molar-refractivity contribution in [3.05, 3.63) is 40.0 Å². The van der Waals surface area contributed by atoms with Gasteiger partial charge >= 0.3 is 0 Å². The van der Waals surface area contributed by atoms with E-state index in [4.69, 9.17) is 22.1 Å². The lowest BCUT2D eigenvalue weighted by Gasteiger charge is -2.08. The molecule has 0 aliphatic rings. The Bertz CT molecular complexity index is 806. The molecule has 0 saturated heterocycles. The second kappa shape index (κ2) is 4.88. The summed E-state index contributed by atoms with van der Waals surface area (Å²) in [5, 5.41) is 0.921. The first-order valence-corrected chi connectivity index (χ1v) is 6.89. The van der Waals surface area contributed by atoms with Crippen molar-refractivity contribution in [3.63, 3.8) is 0 Å². The van der Waals surface area contributed by atoms with Gasteiger partial charge in [0, 0.05) is 4.88 Å². The van der Waals surface area contributed by atoms with Crippen LogP contribution in [0.3, 0.4) is 0 Å². The number of thiophene rings is 1. The molecule has 0 saturated carbocycles. The lowest BCUT2D eigenvalue weighted by atomic mass is 10.3. The molecule has 0 unspecified atom stereocenters. The summed E-state index contributed by atoms with van der Waals surface area (Å²) in [6.45, 7) is 1.96. The van der Waals surface area contributed by atoms with Crippen LogP contribution in [0, 0.1) is 12.7 Å². The van der Waals surface area contributed by atoms with E-state index >= 15 is 0 Å². The number of halogens is 2. The maximum absolute atomic E-state index is 13.0. The van der Waals surface area contributed by atoms with Gasteiger partial charge in [0.25, 0.3) is 0 Å². The van der Waals surface area contributed by atoms with Crippen LogP contribution >= 0.6 is 22.9 Å². The van der Waals surface area contributed by atoms with Crippen LogP contribution in [0.4, 0.5) is 10.3 Å². The van der Waals surface area contributed by atoms with Gasteiger partial charge in [-0.05, 0) is 31.2 Å². The molecule has 2 aromatic heterocycles. The minimum absolute atomic E-state index is 0.118. The summed E-state index contributed by atoms with van der Waals surface area (Å²) >= 11 is 7.43. The van der Waals surface area contributed by atoms with E-state index in [1.807, 2.05) is 13.0 Å². The molecule has 0 radical (unpaired) electrons. The summed E-state index contributed by atoms with van der Waals surface area (Å²) in [6.07, 6.45) is 0. The second-order valence-corrected chi connectivity index (χ2v) is 5.78. The highest BCUT2D eigenvalue weighted by Gasteiger charge is 2.13. The van der Waals surface area contributed by atoms with Crippen LogP contribution < -0.4 is 10.5 Å². The van der Waals surface area contributed by atoms with E-state index in [2.05, 4.69) is 9.97 Å². The number of ether oxygens (including phenoxy) is 1. The molecule has 0 spiro atoms. The predicted molar refractivity (Wildman–Crippen MR) is 78.0 cm³/mol. The van der Waals surface area contributed by atoms with Crippen molar-refractivity contribution in [1.29, 1.82) is 0 Å². The number of anilines is 1. The van der Waals surface area contributed by atoms with Gasteiger partial charge < -0.3 is 10.5 Å². The van der Waals surface area contributed by atoms with Gasteiger partial charge in [-0.15, -0.1) is 11.3 Å². The second-order valence-electron chi connectivity index (χ2n) is 4.14. The number of aryl methyl sites for hydroxylation is 1. The predicted octanol–water partition coefficient (Wildman–Crippen LogP) is 4.17. The number of fused-ring (bicyclic) bond motifs is 1. The van der Waals surface area contributed by atoms with Gasteiger partial charge in [-0.3, -0.25) is 0 Å². The number of nitrogens with two attached hydrogens (primary N) is 1. The van der Waals surface area contributed by atoms with Gasteiger partial charge in [-0.1, -0.05) is 11.6 Å². The van der Waals surface area contributed by atoms with Gasteiger partial charge in [-0.2, -0.15) is 4.98 Å². The molecule has 102 valence electrons. The third-order valence-electron chi connectivity index (χ3n) is 2.60. The first-order chi connectivity index (χ1) is 9.52. The molecule has 0 atom stereocenters. The molecule has 2 heterocycles. The topological polar surface area (TPSA) is 61.0 Å². The Morgan fingerprint density at radius 1 is 1.30 bits per heavy atom. The Balaban J connectivity index is 2.10. The van der Waals surface area contributed by atoms with E-state index in [0.717, 1.165) is 15.1 Å². The minimum atomic E-state index is -0.430. The number of hydrogen-bond acceptors (Lipinski definition) is 5. The summed E-state index contributed by atoms with van der Waals surface area (Å²) in [4.78, 5) is 10.0. The molecule has 1 aromatic carbocycles. The molecular formula is C13H9ClFN3OS. The van der Waals surface area contributed by atoms with Crippen LogP contribution in [0.1, 0.15) is 4.88 Å². The SMILES string of the molecule is Cc1cc2c(Oc3ccc(F)cc3Cl)nc(N)nc2s1. The Kier molecular flexibility index (Phi) is 3.19. The molecule has 7 heteroatoms. The molecule has 0 aliphatic heterocycles. The zero-order valence-electron chi connectivity index (χ0n) is 10.4. The highest BCUT2D eigenvalue weighted by molar-refractivity contribution is 7.18. The zero-order chi connectivity index (χ0) is 14.3. The molecule has 3 rings (SSSR count). The van der Waals surface area contributed by atoms with Gasteiger partial charge in [0.15, 0.2) is 0 Å². The molecule has 0 amide bonds. The van der Waals surface area contributed by atoms with E-state index in [0.29, 0.717) is 11.6 Å². The molecule has 0 aliphatic carbocycles. The van der Waals surface area contributed by atoms with Crippen molar-refractivity contribution < 1.29 is 9.13 Å². The van der Waals surface area contributed by atoms with Crippen LogP contribution in [0.25, 0.3) is 10.2 Å². The third-order valence-corrected chi connectivity index (χ3v) is 3.84. The van der Waals surface area contributed by atoms with Crippen LogP contribution in [0.15, 0.2) is 24.3 Å². The maximum atomic E-state index is 13.0. The normalized spacial score (nSPS) is 10.9. The monoisotopic (exact) mass is 309 g/mol. The standard InChI is InChI=1S/C13H9ClFN3OS/c1-6-4-8-11(17-13(16)18-12(8)20-6)19-10-3-2-7(15)5-9(10)14/h2-5H,1H3,(H2,16,17,18). The highest BCUT2D eigenvalue weighted by atomic mass is 35.5. The number of hydrogen-bond donors (Lipinski definition) is 1. The van der Waals surface area contributed by atoms with Crippen molar-refractivity contribution in [2.75, 3.05) is 5.73 Å². The number of nitrogen functional groups attached to an aromatic ring is 1. The number of aromatic nitrogens is 2. The summed E-state index contributed by atoms with van der Waals surface area (Å²) in [5.41, 5.74) is 5.66. The van der Waals surface area contributed by atoms with Crippen LogP contribution in [0.5, 0.6) is 11.6 Å². The average molecular weight is 310 g/mol. The first-order valence-electron chi connectivity index (χ1n) is 5.69. The Morgan fingerprint density at radius 2 is 2.10 bits per heavy atom. The average Bonchev–Trinajstić information content (AvgIpc) is 2.73. The summed E-state index contributed by atoms with van der Waals surface area (Å²) < 4.78 is 18.7.